The molecule has 0 bridgehead atoms. The number of benzene rings is 2. The van der Waals surface area contributed by atoms with Gasteiger partial charge in [-0.2, -0.15) is 0 Å². The highest BCUT2D eigenvalue weighted by molar-refractivity contribution is 6.30. The summed E-state index contributed by atoms with van der Waals surface area (Å²) in [5.41, 5.74) is 2.98. The second kappa shape index (κ2) is 6.93. The van der Waals surface area contributed by atoms with Crippen molar-refractivity contribution >= 4 is 28.5 Å². The molecule has 2 aliphatic carbocycles. The Morgan fingerprint density at radius 1 is 1.18 bits per heavy atom. The molecule has 1 N–H and O–H groups in total. The van der Waals surface area contributed by atoms with Crippen molar-refractivity contribution in [1.29, 1.82) is 0 Å². The Hall–Kier alpha value is -2.33. The normalized spacial score (nSPS) is 26.8. The van der Waals surface area contributed by atoms with Crippen molar-refractivity contribution in [2.75, 3.05) is 0 Å². The van der Waals surface area contributed by atoms with E-state index in [1.54, 1.807) is 24.3 Å². The molecule has 3 aromatic rings. The summed E-state index contributed by atoms with van der Waals surface area (Å²) in [6.07, 6.45) is 5.33. The van der Waals surface area contributed by atoms with Gasteiger partial charge in [0.1, 0.15) is 0 Å². The second-order valence-electron chi connectivity index (χ2n) is 8.17. The summed E-state index contributed by atoms with van der Waals surface area (Å²) in [5.74, 6) is 2.03. The zero-order valence-corrected chi connectivity index (χ0v) is 16.6. The number of aromatic nitrogens is 2. The van der Waals surface area contributed by atoms with E-state index in [2.05, 4.69) is 40.0 Å². The van der Waals surface area contributed by atoms with E-state index in [1.165, 1.54) is 18.4 Å². The molecule has 28 heavy (non-hydrogen) atoms. The molecule has 1 heterocycles. The minimum atomic E-state index is 0.00523. The fraction of sp³-hybridized carbons (Fsp3) is 0.391. The summed E-state index contributed by atoms with van der Waals surface area (Å²) in [6, 6.07) is 16.2. The van der Waals surface area contributed by atoms with Gasteiger partial charge < -0.3 is 9.88 Å². The van der Waals surface area contributed by atoms with E-state index in [0.29, 0.717) is 34.4 Å². The van der Waals surface area contributed by atoms with Gasteiger partial charge in [-0.1, -0.05) is 30.7 Å². The van der Waals surface area contributed by atoms with Gasteiger partial charge in [-0.3, -0.25) is 4.79 Å². The number of nitrogens with zero attached hydrogens (tertiary/aromatic N) is 2. The predicted molar refractivity (Wildman–Crippen MR) is 111 cm³/mol. The highest BCUT2D eigenvalue weighted by atomic mass is 35.5. The van der Waals surface area contributed by atoms with Crippen molar-refractivity contribution in [2.45, 2.75) is 38.3 Å². The minimum absolute atomic E-state index is 0.00523. The first kappa shape index (κ1) is 17.7. The average molecular weight is 394 g/mol. The third kappa shape index (κ3) is 3.00. The van der Waals surface area contributed by atoms with Crippen LogP contribution in [-0.4, -0.2) is 21.5 Å². The number of rotatable bonds is 5. The van der Waals surface area contributed by atoms with Gasteiger partial charge >= 0.3 is 0 Å². The topological polar surface area (TPSA) is 46.9 Å². The summed E-state index contributed by atoms with van der Waals surface area (Å²) in [7, 11) is 0. The van der Waals surface area contributed by atoms with Gasteiger partial charge in [-0.15, -0.1) is 0 Å². The van der Waals surface area contributed by atoms with Crippen LogP contribution >= 0.6 is 11.6 Å². The molecule has 1 aromatic heterocycles. The number of amides is 1. The van der Waals surface area contributed by atoms with Crippen LogP contribution in [0.5, 0.6) is 0 Å². The molecular formula is C23H24ClN3O. The van der Waals surface area contributed by atoms with Gasteiger partial charge in [0.15, 0.2) is 0 Å². The zero-order chi connectivity index (χ0) is 19.3. The van der Waals surface area contributed by atoms with E-state index in [-0.39, 0.29) is 11.9 Å². The van der Waals surface area contributed by atoms with Gasteiger partial charge in [0.25, 0.3) is 5.91 Å². The van der Waals surface area contributed by atoms with Crippen molar-refractivity contribution in [1.82, 2.24) is 14.9 Å². The van der Waals surface area contributed by atoms with Gasteiger partial charge in [0.05, 0.1) is 17.4 Å². The Bertz CT molecular complexity index is 1000. The molecule has 2 saturated carbocycles. The Morgan fingerprint density at radius 2 is 1.89 bits per heavy atom. The number of imidazole rings is 1. The Morgan fingerprint density at radius 3 is 2.61 bits per heavy atom. The molecule has 5 heteroatoms. The molecule has 0 saturated heterocycles. The van der Waals surface area contributed by atoms with E-state index in [9.17, 15) is 4.79 Å². The van der Waals surface area contributed by atoms with Crippen LogP contribution in [0.4, 0.5) is 0 Å². The summed E-state index contributed by atoms with van der Waals surface area (Å²) in [5, 5.41) is 3.92. The number of fused-ring (bicyclic) bond motifs is 2. The summed E-state index contributed by atoms with van der Waals surface area (Å²) in [6.45, 7) is 2.17. The molecule has 0 spiro atoms. The summed E-state index contributed by atoms with van der Waals surface area (Å²) in [4.78, 5) is 17.2. The van der Waals surface area contributed by atoms with E-state index >= 15 is 0 Å². The predicted octanol–water partition coefficient (Wildman–Crippen LogP) is 5.10. The first-order chi connectivity index (χ1) is 13.7. The molecular weight excluding hydrogens is 370 g/mol. The van der Waals surface area contributed by atoms with Crippen LogP contribution in [0.2, 0.25) is 5.02 Å². The summed E-state index contributed by atoms with van der Waals surface area (Å²) >= 11 is 5.93. The quantitative estimate of drug-likeness (QED) is 0.655. The average Bonchev–Trinajstić information content (AvgIpc) is 3.07. The first-order valence-electron chi connectivity index (χ1n) is 10.1. The lowest BCUT2D eigenvalue weighted by atomic mass is 9.99. The number of halogens is 1. The third-order valence-electron chi connectivity index (χ3n) is 6.69. The van der Waals surface area contributed by atoms with Crippen LogP contribution in [0.3, 0.4) is 0 Å². The molecule has 144 valence electrons. The molecule has 0 aliphatic heterocycles. The molecule has 5 rings (SSSR count). The highest BCUT2D eigenvalue weighted by Gasteiger charge is 2.59. The molecule has 2 fully saturated rings. The molecule has 3 unspecified atom stereocenters. The fourth-order valence-electron chi connectivity index (χ4n) is 5.28. The molecule has 5 atom stereocenters. The standard InChI is InChI=1S/C23H24ClN3O/c1-2-19(26-23(28)14-7-9-15(24)10-8-14)22-17-11-16(12-18(17)22)27-13-25-20-5-3-4-6-21(20)27/h3-10,13,16-19,22H,2,11-12H2,1H3,(H,26,28)/t16?,17-,18+,19?,22?. The number of carbonyl (C=O) groups is 1. The third-order valence-corrected chi connectivity index (χ3v) is 6.94. The molecule has 4 nitrogen and oxygen atoms in total. The number of hydrogen-bond acceptors (Lipinski definition) is 2. The monoisotopic (exact) mass is 393 g/mol. The fourth-order valence-corrected chi connectivity index (χ4v) is 5.41. The SMILES string of the molecule is CCC(NC(=O)c1ccc(Cl)cc1)C1[C@H]2CC(n3cnc4ccccc43)C[C@@H]12. The number of para-hydroxylation sites is 2. The van der Waals surface area contributed by atoms with Crippen molar-refractivity contribution < 1.29 is 4.79 Å². The molecule has 2 aromatic carbocycles. The van der Waals surface area contributed by atoms with E-state index in [0.717, 1.165) is 11.9 Å². The lowest BCUT2D eigenvalue weighted by Gasteiger charge is -2.22. The van der Waals surface area contributed by atoms with Crippen LogP contribution in [-0.2, 0) is 0 Å². The van der Waals surface area contributed by atoms with Crippen molar-refractivity contribution in [3.63, 3.8) is 0 Å². The van der Waals surface area contributed by atoms with Crippen LogP contribution in [0.25, 0.3) is 11.0 Å². The van der Waals surface area contributed by atoms with Crippen LogP contribution in [0, 0.1) is 17.8 Å². The summed E-state index contributed by atoms with van der Waals surface area (Å²) < 4.78 is 2.35. The van der Waals surface area contributed by atoms with E-state index in [4.69, 9.17) is 11.6 Å². The van der Waals surface area contributed by atoms with Gasteiger partial charge in [0.2, 0.25) is 0 Å². The largest absolute Gasteiger partial charge is 0.349 e. The van der Waals surface area contributed by atoms with Gasteiger partial charge in [-0.25, -0.2) is 4.98 Å². The van der Waals surface area contributed by atoms with Crippen LogP contribution < -0.4 is 5.32 Å². The van der Waals surface area contributed by atoms with Crippen LogP contribution in [0.1, 0.15) is 42.6 Å². The van der Waals surface area contributed by atoms with Crippen molar-refractivity contribution in [3.05, 3.63) is 65.4 Å². The minimum Gasteiger partial charge on any atom is -0.349 e. The lowest BCUT2D eigenvalue weighted by molar-refractivity contribution is 0.0927. The van der Waals surface area contributed by atoms with Gasteiger partial charge in [0, 0.05) is 22.7 Å². The molecule has 1 amide bonds. The van der Waals surface area contributed by atoms with Crippen molar-refractivity contribution in [2.24, 2.45) is 17.8 Å². The van der Waals surface area contributed by atoms with Crippen LogP contribution in [0.15, 0.2) is 54.9 Å². The Balaban J connectivity index is 1.24. The second-order valence-corrected chi connectivity index (χ2v) is 8.60. The van der Waals surface area contributed by atoms with Gasteiger partial charge in [-0.05, 0) is 73.4 Å². The maximum atomic E-state index is 12.6. The smallest absolute Gasteiger partial charge is 0.251 e. The molecule has 0 radical (unpaired) electrons. The molecule has 2 aliphatic rings. The number of nitrogens with one attached hydrogen (secondary N) is 1. The first-order valence-corrected chi connectivity index (χ1v) is 10.5. The maximum Gasteiger partial charge on any atom is 0.251 e. The van der Waals surface area contributed by atoms with E-state index in [1.807, 2.05) is 12.4 Å². The number of hydrogen-bond donors (Lipinski definition) is 1. The Kier molecular flexibility index (Phi) is 4.39. The maximum absolute atomic E-state index is 12.6. The highest BCUT2D eigenvalue weighted by Crippen LogP contribution is 2.62. The van der Waals surface area contributed by atoms with Crippen molar-refractivity contribution in [3.8, 4) is 0 Å². The lowest BCUT2D eigenvalue weighted by Crippen LogP contribution is -2.37. The van der Waals surface area contributed by atoms with E-state index < -0.39 is 0 Å². The zero-order valence-electron chi connectivity index (χ0n) is 15.9. The Labute approximate surface area is 169 Å². The number of carbonyl (C=O) groups excluding carboxylic acids is 1.